The highest BCUT2D eigenvalue weighted by atomic mass is 16.2. The van der Waals surface area contributed by atoms with E-state index in [0.29, 0.717) is 22.5 Å². The molecule has 4 rings (SSSR count). The zero-order chi connectivity index (χ0) is 23.5. The topological polar surface area (TPSA) is 73.1 Å². The Morgan fingerprint density at radius 3 is 2.12 bits per heavy atom. The van der Waals surface area contributed by atoms with Crippen molar-refractivity contribution in [3.63, 3.8) is 0 Å². The molecule has 0 saturated heterocycles. The van der Waals surface area contributed by atoms with Gasteiger partial charge in [0, 0.05) is 0 Å². The Morgan fingerprint density at radius 1 is 0.818 bits per heavy atom. The second kappa shape index (κ2) is 9.28. The number of aromatic nitrogens is 2. The van der Waals surface area contributed by atoms with E-state index >= 15 is 0 Å². The molecule has 3 aromatic carbocycles. The summed E-state index contributed by atoms with van der Waals surface area (Å²) in [6, 6.07) is 23.7. The molecule has 0 aliphatic carbocycles. The van der Waals surface area contributed by atoms with Crippen LogP contribution in [0.15, 0.2) is 88.5 Å². The van der Waals surface area contributed by atoms with Crippen LogP contribution >= 0.6 is 0 Å². The van der Waals surface area contributed by atoms with E-state index in [2.05, 4.69) is 19.2 Å². The van der Waals surface area contributed by atoms with Crippen molar-refractivity contribution in [2.45, 2.75) is 39.3 Å². The van der Waals surface area contributed by atoms with Crippen LogP contribution in [-0.4, -0.2) is 15.0 Å². The number of hydrogen-bond donors (Lipinski definition) is 1. The van der Waals surface area contributed by atoms with E-state index in [4.69, 9.17) is 0 Å². The normalized spacial score (nSPS) is 12.1. The first-order chi connectivity index (χ1) is 15.9. The molecule has 168 valence electrons. The largest absolute Gasteiger partial charge is 0.348 e. The van der Waals surface area contributed by atoms with E-state index in [1.165, 1.54) is 4.57 Å². The van der Waals surface area contributed by atoms with Gasteiger partial charge in [0.1, 0.15) is 6.54 Å². The minimum absolute atomic E-state index is 0.194. The average Bonchev–Trinajstić information content (AvgIpc) is 2.82. The van der Waals surface area contributed by atoms with Crippen molar-refractivity contribution in [1.82, 2.24) is 14.5 Å². The third kappa shape index (κ3) is 4.51. The first kappa shape index (κ1) is 22.3. The van der Waals surface area contributed by atoms with Gasteiger partial charge in [-0.05, 0) is 48.2 Å². The second-order valence-electron chi connectivity index (χ2n) is 8.47. The Bertz CT molecular complexity index is 1400. The molecule has 1 amide bonds. The van der Waals surface area contributed by atoms with E-state index in [-0.39, 0.29) is 18.5 Å². The predicted molar refractivity (Wildman–Crippen MR) is 131 cm³/mol. The molecule has 1 N–H and O–H groups in total. The van der Waals surface area contributed by atoms with Gasteiger partial charge in [0.2, 0.25) is 5.91 Å². The SMILES string of the molecule is CC(C)c1ccc(-n2c(=O)c3ccccc3n(CC(=O)NC(C)c3ccccc3)c2=O)cc1. The molecular formula is C27H27N3O3. The number of nitrogens with one attached hydrogen (secondary N) is 1. The summed E-state index contributed by atoms with van der Waals surface area (Å²) in [5, 5.41) is 3.33. The number of hydrogen-bond acceptors (Lipinski definition) is 3. The lowest BCUT2D eigenvalue weighted by molar-refractivity contribution is -0.122. The van der Waals surface area contributed by atoms with Crippen molar-refractivity contribution in [3.05, 3.63) is 111 Å². The van der Waals surface area contributed by atoms with Crippen molar-refractivity contribution in [1.29, 1.82) is 0 Å². The van der Waals surface area contributed by atoms with E-state index in [1.807, 2.05) is 49.4 Å². The third-order valence-electron chi connectivity index (χ3n) is 5.85. The summed E-state index contributed by atoms with van der Waals surface area (Å²) in [5.41, 5.74) is 2.05. The van der Waals surface area contributed by atoms with Gasteiger partial charge in [-0.15, -0.1) is 0 Å². The molecule has 33 heavy (non-hydrogen) atoms. The Kier molecular flexibility index (Phi) is 6.27. The van der Waals surface area contributed by atoms with Crippen molar-refractivity contribution in [2.75, 3.05) is 0 Å². The molecule has 1 atom stereocenters. The molecular weight excluding hydrogens is 414 g/mol. The van der Waals surface area contributed by atoms with Gasteiger partial charge in [-0.3, -0.25) is 14.2 Å². The highest BCUT2D eigenvalue weighted by Gasteiger charge is 2.17. The molecule has 0 aliphatic heterocycles. The first-order valence-electron chi connectivity index (χ1n) is 11.1. The lowest BCUT2D eigenvalue weighted by Crippen LogP contribution is -2.42. The maximum atomic E-state index is 13.5. The summed E-state index contributed by atoms with van der Waals surface area (Å²) in [6.07, 6.45) is 0. The molecule has 1 unspecified atom stereocenters. The molecule has 1 aromatic heterocycles. The number of benzene rings is 3. The van der Waals surface area contributed by atoms with Crippen molar-refractivity contribution >= 4 is 16.8 Å². The highest BCUT2D eigenvalue weighted by molar-refractivity contribution is 5.82. The van der Waals surface area contributed by atoms with Crippen LogP contribution in [0.5, 0.6) is 0 Å². The van der Waals surface area contributed by atoms with Gasteiger partial charge in [0.15, 0.2) is 0 Å². The zero-order valence-electron chi connectivity index (χ0n) is 19.0. The summed E-state index contributed by atoms with van der Waals surface area (Å²) in [5.74, 6) is 0.0262. The molecule has 6 nitrogen and oxygen atoms in total. The smallest absolute Gasteiger partial charge is 0.336 e. The third-order valence-corrected chi connectivity index (χ3v) is 5.85. The number of amides is 1. The molecule has 0 fully saturated rings. The molecule has 0 saturated carbocycles. The second-order valence-corrected chi connectivity index (χ2v) is 8.47. The fourth-order valence-electron chi connectivity index (χ4n) is 3.97. The summed E-state index contributed by atoms with van der Waals surface area (Å²) < 4.78 is 2.50. The number of fused-ring (bicyclic) bond motifs is 1. The Hall–Kier alpha value is -3.93. The molecule has 0 aliphatic rings. The van der Waals surface area contributed by atoms with E-state index in [1.54, 1.807) is 36.4 Å². The van der Waals surface area contributed by atoms with Crippen LogP contribution in [0, 0.1) is 0 Å². The Balaban J connectivity index is 1.76. The van der Waals surface area contributed by atoms with Gasteiger partial charge < -0.3 is 5.32 Å². The quantitative estimate of drug-likeness (QED) is 0.488. The van der Waals surface area contributed by atoms with Crippen molar-refractivity contribution < 1.29 is 4.79 Å². The Labute approximate surface area is 192 Å². The lowest BCUT2D eigenvalue weighted by Gasteiger charge is -2.17. The number of rotatable bonds is 6. The van der Waals surface area contributed by atoms with Crippen LogP contribution in [0.1, 0.15) is 43.9 Å². The predicted octanol–water partition coefficient (Wildman–Crippen LogP) is 4.15. The highest BCUT2D eigenvalue weighted by Crippen LogP contribution is 2.17. The zero-order valence-corrected chi connectivity index (χ0v) is 19.0. The average molecular weight is 442 g/mol. The maximum absolute atomic E-state index is 13.5. The van der Waals surface area contributed by atoms with Gasteiger partial charge in [0.25, 0.3) is 5.56 Å². The Morgan fingerprint density at radius 2 is 1.45 bits per heavy atom. The summed E-state index contributed by atoms with van der Waals surface area (Å²) in [7, 11) is 0. The number of nitrogens with zero attached hydrogens (tertiary/aromatic N) is 2. The minimum atomic E-state index is -0.543. The molecule has 1 heterocycles. The number of carbonyl (C=O) groups is 1. The van der Waals surface area contributed by atoms with Crippen LogP contribution in [-0.2, 0) is 11.3 Å². The molecule has 0 spiro atoms. The molecule has 6 heteroatoms. The lowest BCUT2D eigenvalue weighted by atomic mass is 10.0. The van der Waals surface area contributed by atoms with Gasteiger partial charge >= 0.3 is 5.69 Å². The van der Waals surface area contributed by atoms with Crippen LogP contribution in [0.3, 0.4) is 0 Å². The van der Waals surface area contributed by atoms with Crippen LogP contribution in [0.2, 0.25) is 0 Å². The number of carbonyl (C=O) groups excluding carboxylic acids is 1. The van der Waals surface area contributed by atoms with Crippen molar-refractivity contribution in [2.24, 2.45) is 0 Å². The van der Waals surface area contributed by atoms with Crippen LogP contribution < -0.4 is 16.6 Å². The fraction of sp³-hybridized carbons (Fsp3) is 0.222. The van der Waals surface area contributed by atoms with Crippen molar-refractivity contribution in [3.8, 4) is 5.69 Å². The molecule has 0 radical (unpaired) electrons. The van der Waals surface area contributed by atoms with Crippen LogP contribution in [0.4, 0.5) is 0 Å². The van der Waals surface area contributed by atoms with Gasteiger partial charge in [-0.2, -0.15) is 0 Å². The maximum Gasteiger partial charge on any atom is 0.336 e. The summed E-state index contributed by atoms with van der Waals surface area (Å²) >= 11 is 0. The van der Waals surface area contributed by atoms with Gasteiger partial charge in [-0.1, -0.05) is 68.4 Å². The molecule has 0 bridgehead atoms. The molecule has 4 aromatic rings. The van der Waals surface area contributed by atoms with E-state index in [9.17, 15) is 14.4 Å². The summed E-state index contributed by atoms with van der Waals surface area (Å²) in [4.78, 5) is 39.6. The monoisotopic (exact) mass is 441 g/mol. The fourth-order valence-corrected chi connectivity index (χ4v) is 3.97. The standard InChI is InChI=1S/C27H27N3O3/c1-18(2)20-13-15-22(16-14-20)30-26(32)23-11-7-8-12-24(23)29(27(30)33)17-25(31)28-19(3)21-9-5-4-6-10-21/h4-16,18-19H,17H2,1-3H3,(H,28,31). The van der Waals surface area contributed by atoms with Crippen LogP contribution in [0.25, 0.3) is 16.6 Å². The van der Waals surface area contributed by atoms with Gasteiger partial charge in [0.05, 0.1) is 22.6 Å². The summed E-state index contributed by atoms with van der Waals surface area (Å²) in [6.45, 7) is 5.87. The first-order valence-corrected chi connectivity index (χ1v) is 11.1. The van der Waals surface area contributed by atoms with Gasteiger partial charge in [-0.25, -0.2) is 9.36 Å². The minimum Gasteiger partial charge on any atom is -0.348 e. The van der Waals surface area contributed by atoms with E-state index in [0.717, 1.165) is 15.7 Å². The number of para-hydroxylation sites is 1. The van der Waals surface area contributed by atoms with E-state index < -0.39 is 11.2 Å².